The molecule has 1 amide bonds. The Bertz CT molecular complexity index is 953. The minimum Gasteiger partial charge on any atom is -0.353 e. The topological polar surface area (TPSA) is 61.4 Å². The number of hydrogen-bond acceptors (Lipinski definition) is 5. The van der Waals surface area contributed by atoms with Gasteiger partial charge < -0.3 is 15.1 Å². The number of nitrogens with zero attached hydrogens (tertiary/aromatic N) is 4. The Hall–Kier alpha value is -2.44. The van der Waals surface area contributed by atoms with Crippen LogP contribution in [0, 0.1) is 0 Å². The van der Waals surface area contributed by atoms with Gasteiger partial charge in [-0.2, -0.15) is 0 Å². The van der Waals surface area contributed by atoms with Crippen LogP contribution >= 0.6 is 11.6 Å². The Kier molecular flexibility index (Phi) is 7.11. The maximum atomic E-state index is 13.5. The summed E-state index contributed by atoms with van der Waals surface area (Å²) in [4.78, 5) is 26.9. The molecule has 2 unspecified atom stereocenters. The van der Waals surface area contributed by atoms with E-state index in [1.807, 2.05) is 35.2 Å². The number of aryl methyl sites for hydroxylation is 1. The minimum absolute atomic E-state index is 0.164. The van der Waals surface area contributed by atoms with E-state index < -0.39 is 0 Å². The lowest BCUT2D eigenvalue weighted by molar-refractivity contribution is -0.133. The van der Waals surface area contributed by atoms with Crippen LogP contribution in [0.3, 0.4) is 0 Å². The molecule has 1 aromatic heterocycles. The molecule has 2 aromatic rings. The summed E-state index contributed by atoms with van der Waals surface area (Å²) in [6.45, 7) is 11.7. The standard InChI is InChI=1S/C25H32ClN5O/c1-4-18-7-10-22-23(18)24(29-16-28-22)30-11-13-31(14-12-30)25(32)21(15-27-17(2)3)19-5-8-20(26)9-6-19/h4-6,8-9,16-18,21,27H,1,7,10-15H2,2-3H3. The minimum atomic E-state index is -0.227. The van der Waals surface area contributed by atoms with Gasteiger partial charge in [-0.15, -0.1) is 6.58 Å². The van der Waals surface area contributed by atoms with Crippen molar-refractivity contribution in [2.24, 2.45) is 0 Å². The number of carbonyl (C=O) groups excluding carboxylic acids is 1. The molecule has 0 spiro atoms. The van der Waals surface area contributed by atoms with Gasteiger partial charge in [0, 0.05) is 61.0 Å². The second kappa shape index (κ2) is 10.0. The fourth-order valence-corrected chi connectivity index (χ4v) is 4.81. The maximum absolute atomic E-state index is 13.5. The molecule has 1 aliphatic heterocycles. The van der Waals surface area contributed by atoms with Gasteiger partial charge >= 0.3 is 0 Å². The lowest BCUT2D eigenvalue weighted by atomic mass is 9.96. The van der Waals surface area contributed by atoms with E-state index in [2.05, 4.69) is 40.6 Å². The highest BCUT2D eigenvalue weighted by Gasteiger charge is 2.32. The van der Waals surface area contributed by atoms with Crippen LogP contribution in [0.4, 0.5) is 5.82 Å². The number of rotatable bonds is 7. The predicted molar refractivity (Wildman–Crippen MR) is 129 cm³/mol. The predicted octanol–water partition coefficient (Wildman–Crippen LogP) is 3.78. The molecule has 6 nitrogen and oxygen atoms in total. The molecule has 1 aliphatic carbocycles. The van der Waals surface area contributed by atoms with Gasteiger partial charge in [-0.1, -0.05) is 43.7 Å². The number of hydrogen-bond donors (Lipinski definition) is 1. The third kappa shape index (κ3) is 4.81. The molecular weight excluding hydrogens is 422 g/mol. The number of benzene rings is 1. The summed E-state index contributed by atoms with van der Waals surface area (Å²) in [5, 5.41) is 4.12. The van der Waals surface area contributed by atoms with Crippen LogP contribution < -0.4 is 10.2 Å². The van der Waals surface area contributed by atoms with Gasteiger partial charge in [0.2, 0.25) is 5.91 Å². The molecule has 4 rings (SSSR count). The summed E-state index contributed by atoms with van der Waals surface area (Å²) >= 11 is 6.07. The van der Waals surface area contributed by atoms with Crippen LogP contribution in [0.5, 0.6) is 0 Å². The molecule has 1 saturated heterocycles. The SMILES string of the molecule is C=CC1CCc2ncnc(N3CCN(C(=O)C(CNC(C)C)c4ccc(Cl)cc4)CC3)c21. The zero-order valence-corrected chi connectivity index (χ0v) is 19.7. The van der Waals surface area contributed by atoms with Crippen molar-refractivity contribution in [3.8, 4) is 0 Å². The number of nitrogens with one attached hydrogen (secondary N) is 1. The van der Waals surface area contributed by atoms with E-state index in [1.165, 1.54) is 5.56 Å². The fourth-order valence-electron chi connectivity index (χ4n) is 4.68. The Morgan fingerprint density at radius 1 is 1.22 bits per heavy atom. The van der Waals surface area contributed by atoms with Gasteiger partial charge in [0.1, 0.15) is 12.1 Å². The first kappa shape index (κ1) is 22.7. The van der Waals surface area contributed by atoms with E-state index in [0.717, 1.165) is 43.0 Å². The lowest BCUT2D eigenvalue weighted by Gasteiger charge is -2.38. The number of carbonyl (C=O) groups is 1. The van der Waals surface area contributed by atoms with Crippen LogP contribution in [0.2, 0.25) is 5.02 Å². The van der Waals surface area contributed by atoms with Crippen molar-refractivity contribution in [3.05, 3.63) is 65.1 Å². The van der Waals surface area contributed by atoms with Gasteiger partial charge in [0.05, 0.1) is 5.92 Å². The second-order valence-electron chi connectivity index (χ2n) is 8.92. The summed E-state index contributed by atoms with van der Waals surface area (Å²) in [7, 11) is 0. The Morgan fingerprint density at radius 2 is 1.94 bits per heavy atom. The van der Waals surface area contributed by atoms with Crippen molar-refractivity contribution in [2.75, 3.05) is 37.6 Å². The number of amides is 1. The molecule has 0 saturated carbocycles. The summed E-state index contributed by atoms with van der Waals surface area (Å²) in [5.41, 5.74) is 3.36. The third-order valence-electron chi connectivity index (χ3n) is 6.48. The Balaban J connectivity index is 1.47. The van der Waals surface area contributed by atoms with Crippen molar-refractivity contribution in [3.63, 3.8) is 0 Å². The smallest absolute Gasteiger partial charge is 0.231 e. The number of allylic oxidation sites excluding steroid dienone is 1. The van der Waals surface area contributed by atoms with Gasteiger partial charge in [-0.3, -0.25) is 4.79 Å². The van der Waals surface area contributed by atoms with E-state index >= 15 is 0 Å². The maximum Gasteiger partial charge on any atom is 0.231 e. The number of halogens is 1. The van der Waals surface area contributed by atoms with Crippen molar-refractivity contribution in [1.82, 2.24) is 20.2 Å². The number of fused-ring (bicyclic) bond motifs is 1. The molecule has 2 heterocycles. The molecule has 2 aliphatic rings. The molecule has 170 valence electrons. The normalized spacial score (nSPS) is 19.2. The molecule has 0 radical (unpaired) electrons. The zero-order valence-electron chi connectivity index (χ0n) is 18.9. The van der Waals surface area contributed by atoms with E-state index in [4.69, 9.17) is 11.6 Å². The van der Waals surface area contributed by atoms with Gasteiger partial charge in [0.15, 0.2) is 0 Å². The molecule has 7 heteroatoms. The van der Waals surface area contributed by atoms with Crippen molar-refractivity contribution < 1.29 is 4.79 Å². The first-order valence-electron chi connectivity index (χ1n) is 11.5. The van der Waals surface area contributed by atoms with E-state index in [0.29, 0.717) is 36.6 Å². The number of piperazine rings is 1. The van der Waals surface area contributed by atoms with Crippen LogP contribution in [-0.4, -0.2) is 59.5 Å². The Labute approximate surface area is 195 Å². The van der Waals surface area contributed by atoms with E-state index in [9.17, 15) is 4.79 Å². The highest BCUT2D eigenvalue weighted by atomic mass is 35.5. The number of aromatic nitrogens is 2. The summed E-state index contributed by atoms with van der Waals surface area (Å²) in [6.07, 6.45) is 5.71. The summed E-state index contributed by atoms with van der Waals surface area (Å²) < 4.78 is 0. The van der Waals surface area contributed by atoms with Crippen LogP contribution in [0.15, 0.2) is 43.2 Å². The molecule has 1 aromatic carbocycles. The quantitative estimate of drug-likeness (QED) is 0.646. The van der Waals surface area contributed by atoms with Crippen molar-refractivity contribution in [2.45, 2.75) is 44.6 Å². The summed E-state index contributed by atoms with van der Waals surface area (Å²) in [5.74, 6) is 1.27. The lowest BCUT2D eigenvalue weighted by Crippen LogP contribution is -2.51. The first-order valence-corrected chi connectivity index (χ1v) is 11.8. The van der Waals surface area contributed by atoms with E-state index in [-0.39, 0.29) is 11.8 Å². The van der Waals surface area contributed by atoms with Crippen LogP contribution in [0.25, 0.3) is 0 Å². The molecule has 32 heavy (non-hydrogen) atoms. The molecule has 2 atom stereocenters. The van der Waals surface area contributed by atoms with Crippen molar-refractivity contribution in [1.29, 1.82) is 0 Å². The van der Waals surface area contributed by atoms with Gasteiger partial charge in [0.25, 0.3) is 0 Å². The molecule has 1 N–H and O–H groups in total. The molecular formula is C25H32ClN5O. The third-order valence-corrected chi connectivity index (χ3v) is 6.74. The van der Waals surface area contributed by atoms with Crippen LogP contribution in [0.1, 0.15) is 48.9 Å². The Morgan fingerprint density at radius 3 is 2.59 bits per heavy atom. The van der Waals surface area contributed by atoms with Crippen LogP contribution in [-0.2, 0) is 11.2 Å². The zero-order chi connectivity index (χ0) is 22.7. The average Bonchev–Trinajstić information content (AvgIpc) is 3.23. The second-order valence-corrected chi connectivity index (χ2v) is 9.35. The molecule has 1 fully saturated rings. The first-order chi connectivity index (χ1) is 15.5. The van der Waals surface area contributed by atoms with Crippen molar-refractivity contribution >= 4 is 23.3 Å². The highest BCUT2D eigenvalue weighted by molar-refractivity contribution is 6.30. The fraction of sp³-hybridized carbons (Fsp3) is 0.480. The highest BCUT2D eigenvalue weighted by Crippen LogP contribution is 2.38. The number of anilines is 1. The van der Waals surface area contributed by atoms with E-state index in [1.54, 1.807) is 6.33 Å². The van der Waals surface area contributed by atoms with Gasteiger partial charge in [-0.05, 0) is 30.5 Å². The monoisotopic (exact) mass is 453 g/mol. The molecule has 0 bridgehead atoms. The largest absolute Gasteiger partial charge is 0.353 e. The van der Waals surface area contributed by atoms with Gasteiger partial charge in [-0.25, -0.2) is 9.97 Å². The summed E-state index contributed by atoms with van der Waals surface area (Å²) in [6, 6.07) is 7.95. The average molecular weight is 454 g/mol.